The van der Waals surface area contributed by atoms with Crippen LogP contribution in [-0.4, -0.2) is 73.5 Å². The molecule has 0 atom stereocenters. The third-order valence-electron chi connectivity index (χ3n) is 6.76. The lowest BCUT2D eigenvalue weighted by atomic mass is 9.94. The second kappa shape index (κ2) is 10.1. The summed E-state index contributed by atoms with van der Waals surface area (Å²) in [7, 11) is 4.20. The quantitative estimate of drug-likeness (QED) is 0.639. The number of fused-ring (bicyclic) bond motifs is 1. The topological polar surface area (TPSA) is 26.8 Å². The Kier molecular flexibility index (Phi) is 7.24. The molecule has 162 valence electrons. The smallest absolute Gasteiger partial charge is 0.254 e. The molecular formula is C25H35N3OS. The van der Waals surface area contributed by atoms with E-state index < -0.39 is 0 Å². The molecule has 0 bridgehead atoms. The van der Waals surface area contributed by atoms with Gasteiger partial charge in [-0.05, 0) is 94.3 Å². The predicted molar refractivity (Wildman–Crippen MR) is 125 cm³/mol. The Bertz CT molecular complexity index is 787. The third-order valence-corrected chi connectivity index (χ3v) is 7.45. The summed E-state index contributed by atoms with van der Waals surface area (Å²) in [4.78, 5) is 20.1. The highest BCUT2D eigenvalue weighted by Crippen LogP contribution is 2.29. The fourth-order valence-corrected chi connectivity index (χ4v) is 5.66. The number of piperidine rings is 1. The van der Waals surface area contributed by atoms with Crippen molar-refractivity contribution in [1.82, 2.24) is 14.7 Å². The molecule has 5 heteroatoms. The fraction of sp³-hybridized carbons (Fsp3) is 0.560. The molecule has 1 amide bonds. The van der Waals surface area contributed by atoms with E-state index in [0.717, 1.165) is 31.6 Å². The summed E-state index contributed by atoms with van der Waals surface area (Å²) >= 11 is 1.61. The molecule has 0 radical (unpaired) electrons. The lowest BCUT2D eigenvalue weighted by Gasteiger charge is -2.38. The zero-order valence-electron chi connectivity index (χ0n) is 18.4. The first kappa shape index (κ1) is 21.5. The summed E-state index contributed by atoms with van der Waals surface area (Å²) in [5.74, 6) is 0.829. The number of carbonyl (C=O) groups excluding carboxylic acids is 1. The van der Waals surface area contributed by atoms with Gasteiger partial charge in [-0.3, -0.25) is 9.69 Å². The van der Waals surface area contributed by atoms with E-state index in [1.165, 1.54) is 49.9 Å². The molecule has 4 rings (SSSR count). The Balaban J connectivity index is 1.30. The molecule has 2 heterocycles. The minimum absolute atomic E-state index is 0.212. The molecule has 2 aromatic rings. The van der Waals surface area contributed by atoms with Crippen LogP contribution in [0.2, 0.25) is 0 Å². The summed E-state index contributed by atoms with van der Waals surface area (Å²) in [5, 5.41) is 3.99. The molecule has 1 aromatic heterocycles. The van der Waals surface area contributed by atoms with Gasteiger partial charge in [0, 0.05) is 24.5 Å². The molecule has 0 unspecified atom stereocenters. The Morgan fingerprint density at radius 2 is 1.77 bits per heavy atom. The number of carbonyl (C=O) groups is 1. The molecule has 0 N–H and O–H groups in total. The Hall–Kier alpha value is -1.69. The first-order chi connectivity index (χ1) is 14.6. The van der Waals surface area contributed by atoms with E-state index in [1.54, 1.807) is 11.3 Å². The number of benzene rings is 1. The van der Waals surface area contributed by atoms with Crippen LogP contribution >= 0.6 is 11.3 Å². The highest BCUT2D eigenvalue weighted by molar-refractivity contribution is 7.08. The second-order valence-corrected chi connectivity index (χ2v) is 10.0. The Morgan fingerprint density at radius 3 is 2.37 bits per heavy atom. The van der Waals surface area contributed by atoms with Gasteiger partial charge < -0.3 is 9.80 Å². The Labute approximate surface area is 185 Å². The zero-order valence-corrected chi connectivity index (χ0v) is 19.2. The number of amides is 1. The third kappa shape index (κ3) is 5.32. The SMILES string of the molecule is CN(C)CCCN(CC1CCN(C2Cc3ccccc3C2)CC1)C(=O)c1ccsc1. The average Bonchev–Trinajstić information content (AvgIpc) is 3.42. The van der Waals surface area contributed by atoms with Gasteiger partial charge >= 0.3 is 0 Å². The van der Waals surface area contributed by atoms with Gasteiger partial charge in [0.1, 0.15) is 0 Å². The summed E-state index contributed by atoms with van der Waals surface area (Å²) < 4.78 is 0. The van der Waals surface area contributed by atoms with Gasteiger partial charge in [-0.25, -0.2) is 0 Å². The zero-order chi connectivity index (χ0) is 20.9. The molecule has 1 aliphatic heterocycles. The van der Waals surface area contributed by atoms with E-state index in [-0.39, 0.29) is 5.91 Å². The Morgan fingerprint density at radius 1 is 1.07 bits per heavy atom. The van der Waals surface area contributed by atoms with E-state index in [4.69, 9.17) is 0 Å². The van der Waals surface area contributed by atoms with Crippen LogP contribution in [0.15, 0.2) is 41.1 Å². The number of rotatable bonds is 8. The van der Waals surface area contributed by atoms with Gasteiger partial charge in [-0.2, -0.15) is 11.3 Å². The number of nitrogens with zero attached hydrogens (tertiary/aromatic N) is 3. The van der Waals surface area contributed by atoms with Crippen molar-refractivity contribution in [2.24, 2.45) is 5.92 Å². The minimum atomic E-state index is 0.212. The highest BCUT2D eigenvalue weighted by Gasteiger charge is 2.31. The van der Waals surface area contributed by atoms with Crippen LogP contribution < -0.4 is 0 Å². The lowest BCUT2D eigenvalue weighted by molar-refractivity contribution is 0.0661. The van der Waals surface area contributed by atoms with Gasteiger partial charge in [0.05, 0.1) is 5.56 Å². The molecule has 1 saturated heterocycles. The van der Waals surface area contributed by atoms with Crippen LogP contribution in [0.25, 0.3) is 0 Å². The van der Waals surface area contributed by atoms with Gasteiger partial charge in [-0.15, -0.1) is 0 Å². The largest absolute Gasteiger partial charge is 0.338 e. The van der Waals surface area contributed by atoms with Crippen molar-refractivity contribution >= 4 is 17.2 Å². The van der Waals surface area contributed by atoms with Crippen LogP contribution in [0.5, 0.6) is 0 Å². The number of hydrogen-bond donors (Lipinski definition) is 0. The maximum atomic E-state index is 13.1. The highest BCUT2D eigenvalue weighted by atomic mass is 32.1. The van der Waals surface area contributed by atoms with Gasteiger partial charge in [0.15, 0.2) is 0 Å². The summed E-state index contributed by atoms with van der Waals surface area (Å²) in [6.45, 7) is 5.11. The average molecular weight is 426 g/mol. The maximum absolute atomic E-state index is 13.1. The molecule has 30 heavy (non-hydrogen) atoms. The van der Waals surface area contributed by atoms with Crippen LogP contribution in [-0.2, 0) is 12.8 Å². The normalized spacial score (nSPS) is 18.1. The van der Waals surface area contributed by atoms with Crippen molar-refractivity contribution in [2.75, 3.05) is 46.8 Å². The van der Waals surface area contributed by atoms with Gasteiger partial charge in [0.25, 0.3) is 5.91 Å². The van der Waals surface area contributed by atoms with E-state index >= 15 is 0 Å². The van der Waals surface area contributed by atoms with Crippen LogP contribution in [0.1, 0.15) is 40.7 Å². The van der Waals surface area contributed by atoms with Crippen LogP contribution in [0, 0.1) is 5.92 Å². The predicted octanol–water partition coefficient (Wildman–Crippen LogP) is 4.02. The van der Waals surface area contributed by atoms with Crippen molar-refractivity contribution in [3.05, 3.63) is 57.8 Å². The number of hydrogen-bond acceptors (Lipinski definition) is 4. The molecule has 1 aromatic carbocycles. The summed E-state index contributed by atoms with van der Waals surface area (Å²) in [5.41, 5.74) is 3.93. The van der Waals surface area contributed by atoms with Crippen molar-refractivity contribution in [2.45, 2.75) is 38.1 Å². The maximum Gasteiger partial charge on any atom is 0.254 e. The number of thiophene rings is 1. The second-order valence-electron chi connectivity index (χ2n) is 9.23. The summed E-state index contributed by atoms with van der Waals surface area (Å²) in [6.07, 6.45) is 5.84. The lowest BCUT2D eigenvalue weighted by Crippen LogP contribution is -2.45. The van der Waals surface area contributed by atoms with Crippen molar-refractivity contribution in [3.63, 3.8) is 0 Å². The fourth-order valence-electron chi connectivity index (χ4n) is 5.03. The molecule has 0 saturated carbocycles. The first-order valence-corrected chi connectivity index (χ1v) is 12.3. The molecule has 2 aliphatic rings. The molecule has 4 nitrogen and oxygen atoms in total. The molecular weight excluding hydrogens is 390 g/mol. The molecule has 1 fully saturated rings. The molecule has 0 spiro atoms. The van der Waals surface area contributed by atoms with E-state index in [2.05, 4.69) is 53.1 Å². The van der Waals surface area contributed by atoms with Crippen LogP contribution in [0.3, 0.4) is 0 Å². The standard InChI is InChI=1S/C25H35N3OS/c1-26(2)11-5-12-28(25(29)23-10-15-30-19-23)18-20-8-13-27(14-9-20)24-16-21-6-3-4-7-22(21)17-24/h3-4,6-7,10,15,19-20,24H,5,8-9,11-14,16-18H2,1-2H3. The van der Waals surface area contributed by atoms with E-state index in [1.807, 2.05) is 16.8 Å². The van der Waals surface area contributed by atoms with E-state index in [0.29, 0.717) is 12.0 Å². The van der Waals surface area contributed by atoms with Crippen molar-refractivity contribution in [3.8, 4) is 0 Å². The van der Waals surface area contributed by atoms with Crippen molar-refractivity contribution < 1.29 is 4.79 Å². The number of likely N-dealkylation sites (tertiary alicyclic amines) is 1. The van der Waals surface area contributed by atoms with Gasteiger partial charge in [0.2, 0.25) is 0 Å². The minimum Gasteiger partial charge on any atom is -0.338 e. The summed E-state index contributed by atoms with van der Waals surface area (Å²) in [6, 6.07) is 11.6. The first-order valence-electron chi connectivity index (χ1n) is 11.4. The van der Waals surface area contributed by atoms with Crippen LogP contribution in [0.4, 0.5) is 0 Å². The monoisotopic (exact) mass is 425 g/mol. The van der Waals surface area contributed by atoms with Crippen molar-refractivity contribution in [1.29, 1.82) is 0 Å². The molecule has 1 aliphatic carbocycles. The van der Waals surface area contributed by atoms with E-state index in [9.17, 15) is 4.79 Å². The van der Waals surface area contributed by atoms with Gasteiger partial charge in [-0.1, -0.05) is 24.3 Å².